The molecule has 0 saturated carbocycles. The molecule has 1 aromatic carbocycles. The number of benzene rings is 1. The van der Waals surface area contributed by atoms with E-state index in [0.29, 0.717) is 12.1 Å². The third-order valence-electron chi connectivity index (χ3n) is 3.62. The van der Waals surface area contributed by atoms with Crippen molar-refractivity contribution in [3.63, 3.8) is 0 Å². The molecule has 1 N–H and O–H groups in total. The van der Waals surface area contributed by atoms with Crippen molar-refractivity contribution in [2.45, 2.75) is 25.9 Å². The molecule has 0 spiro atoms. The van der Waals surface area contributed by atoms with E-state index in [2.05, 4.69) is 5.32 Å². The summed E-state index contributed by atoms with van der Waals surface area (Å²) >= 11 is 0. The van der Waals surface area contributed by atoms with Crippen LogP contribution < -0.4 is 5.32 Å². The quantitative estimate of drug-likeness (QED) is 0.646. The Morgan fingerprint density at radius 2 is 2.00 bits per heavy atom. The molecule has 102 valence electrons. The van der Waals surface area contributed by atoms with Crippen molar-refractivity contribution in [1.29, 1.82) is 0 Å². The summed E-state index contributed by atoms with van der Waals surface area (Å²) < 4.78 is 0. The normalized spacial score (nSPS) is 23.2. The van der Waals surface area contributed by atoms with Crippen LogP contribution in [0.5, 0.6) is 0 Å². The Labute approximate surface area is 111 Å². The predicted octanol–water partition coefficient (Wildman–Crippen LogP) is 1.42. The number of piperazine rings is 1. The zero-order chi connectivity index (χ0) is 14.0. The Morgan fingerprint density at radius 1 is 1.37 bits per heavy atom. The van der Waals surface area contributed by atoms with Crippen LogP contribution in [0.3, 0.4) is 0 Å². The Morgan fingerprint density at radius 3 is 2.58 bits per heavy atom. The Kier molecular flexibility index (Phi) is 3.80. The van der Waals surface area contributed by atoms with Crippen LogP contribution in [0, 0.1) is 10.1 Å². The van der Waals surface area contributed by atoms with Gasteiger partial charge in [0.15, 0.2) is 0 Å². The second kappa shape index (κ2) is 5.36. The first kappa shape index (κ1) is 13.5. The lowest BCUT2D eigenvalue weighted by molar-refractivity contribution is -0.384. The van der Waals surface area contributed by atoms with E-state index in [4.69, 9.17) is 0 Å². The Bertz CT molecular complexity index is 486. The van der Waals surface area contributed by atoms with Crippen LogP contribution in [0.15, 0.2) is 24.3 Å². The minimum atomic E-state index is -0.468. The largest absolute Gasteiger partial charge is 0.333 e. The van der Waals surface area contributed by atoms with Crippen molar-refractivity contribution in [3.05, 3.63) is 39.9 Å². The number of non-ortho nitro benzene ring substituents is 1. The summed E-state index contributed by atoms with van der Waals surface area (Å²) in [6, 6.07) is 6.11. The molecule has 1 saturated heterocycles. The van der Waals surface area contributed by atoms with Gasteiger partial charge in [-0.2, -0.15) is 0 Å². The summed E-state index contributed by atoms with van der Waals surface area (Å²) in [5.74, 6) is -0.0734. The molecule has 2 atom stereocenters. The van der Waals surface area contributed by atoms with Crippen LogP contribution in [-0.2, 0) is 0 Å². The minimum Gasteiger partial charge on any atom is -0.333 e. The van der Waals surface area contributed by atoms with E-state index >= 15 is 0 Å². The molecule has 6 nitrogen and oxygen atoms in total. The summed E-state index contributed by atoms with van der Waals surface area (Å²) in [7, 11) is 0. The lowest BCUT2D eigenvalue weighted by atomic mass is 10.1. The maximum atomic E-state index is 12.4. The topological polar surface area (TPSA) is 75.5 Å². The third kappa shape index (κ3) is 2.73. The van der Waals surface area contributed by atoms with Gasteiger partial charge in [0.1, 0.15) is 0 Å². The first-order valence-corrected chi connectivity index (χ1v) is 6.29. The zero-order valence-electron chi connectivity index (χ0n) is 11.0. The Balaban J connectivity index is 2.17. The number of nitro groups is 1. The van der Waals surface area contributed by atoms with Gasteiger partial charge in [-0.15, -0.1) is 0 Å². The number of hydrogen-bond donors (Lipinski definition) is 1. The first-order chi connectivity index (χ1) is 9.00. The molecule has 1 aliphatic rings. The molecule has 6 heteroatoms. The van der Waals surface area contributed by atoms with Gasteiger partial charge in [-0.25, -0.2) is 0 Å². The van der Waals surface area contributed by atoms with E-state index in [1.54, 1.807) is 0 Å². The van der Waals surface area contributed by atoms with Gasteiger partial charge in [0, 0.05) is 42.9 Å². The van der Waals surface area contributed by atoms with Gasteiger partial charge in [0.2, 0.25) is 0 Å². The molecule has 0 aliphatic carbocycles. The molecule has 0 aromatic heterocycles. The van der Waals surface area contributed by atoms with Gasteiger partial charge >= 0.3 is 0 Å². The maximum Gasteiger partial charge on any atom is 0.269 e. The molecule has 1 fully saturated rings. The highest BCUT2D eigenvalue weighted by Crippen LogP contribution is 2.17. The van der Waals surface area contributed by atoms with Gasteiger partial charge in [-0.3, -0.25) is 14.9 Å². The molecule has 0 radical (unpaired) electrons. The van der Waals surface area contributed by atoms with E-state index in [1.165, 1.54) is 24.3 Å². The highest BCUT2D eigenvalue weighted by molar-refractivity contribution is 5.94. The van der Waals surface area contributed by atoms with Gasteiger partial charge in [-0.05, 0) is 26.0 Å². The van der Waals surface area contributed by atoms with Crippen molar-refractivity contribution >= 4 is 11.6 Å². The van der Waals surface area contributed by atoms with Gasteiger partial charge in [0.25, 0.3) is 11.6 Å². The Hall–Kier alpha value is -1.95. The first-order valence-electron chi connectivity index (χ1n) is 6.29. The standard InChI is InChI=1S/C13H17N3O3/c1-9-10(2)15(8-7-14-9)13(17)11-3-5-12(6-4-11)16(18)19/h3-6,9-10,14H,7-8H2,1-2H3. The van der Waals surface area contributed by atoms with Crippen LogP contribution in [0.25, 0.3) is 0 Å². The summed E-state index contributed by atoms with van der Waals surface area (Å²) in [6.45, 7) is 5.46. The third-order valence-corrected chi connectivity index (χ3v) is 3.62. The van der Waals surface area contributed by atoms with Gasteiger partial charge < -0.3 is 10.2 Å². The average molecular weight is 263 g/mol. The number of carbonyl (C=O) groups excluding carboxylic acids is 1. The second-order valence-electron chi connectivity index (χ2n) is 4.79. The van der Waals surface area contributed by atoms with E-state index in [-0.39, 0.29) is 23.7 Å². The summed E-state index contributed by atoms with van der Waals surface area (Å²) in [5, 5.41) is 13.9. The van der Waals surface area contributed by atoms with Crippen molar-refractivity contribution in [2.75, 3.05) is 13.1 Å². The molecular formula is C13H17N3O3. The van der Waals surface area contributed by atoms with Crippen molar-refractivity contribution in [2.24, 2.45) is 0 Å². The highest BCUT2D eigenvalue weighted by atomic mass is 16.6. The average Bonchev–Trinajstić information content (AvgIpc) is 2.41. The number of amides is 1. The molecule has 1 heterocycles. The van der Waals surface area contributed by atoms with Crippen LogP contribution >= 0.6 is 0 Å². The lowest BCUT2D eigenvalue weighted by Crippen LogP contribution is -2.57. The fraction of sp³-hybridized carbons (Fsp3) is 0.462. The fourth-order valence-corrected chi connectivity index (χ4v) is 2.23. The molecule has 2 unspecified atom stereocenters. The zero-order valence-corrected chi connectivity index (χ0v) is 11.0. The fourth-order valence-electron chi connectivity index (χ4n) is 2.23. The maximum absolute atomic E-state index is 12.4. The highest BCUT2D eigenvalue weighted by Gasteiger charge is 2.28. The van der Waals surface area contributed by atoms with Crippen LogP contribution in [0.1, 0.15) is 24.2 Å². The van der Waals surface area contributed by atoms with E-state index in [9.17, 15) is 14.9 Å². The van der Waals surface area contributed by atoms with E-state index in [1.807, 2.05) is 18.7 Å². The SMILES string of the molecule is CC1NCCN(C(=O)c2ccc([N+](=O)[O-])cc2)C1C. The number of nitrogens with one attached hydrogen (secondary N) is 1. The number of hydrogen-bond acceptors (Lipinski definition) is 4. The lowest BCUT2D eigenvalue weighted by Gasteiger charge is -2.38. The number of rotatable bonds is 2. The number of carbonyl (C=O) groups is 1. The molecule has 19 heavy (non-hydrogen) atoms. The van der Waals surface area contributed by atoms with Crippen LogP contribution in [0.4, 0.5) is 5.69 Å². The van der Waals surface area contributed by atoms with E-state index < -0.39 is 4.92 Å². The smallest absolute Gasteiger partial charge is 0.269 e. The molecule has 1 aliphatic heterocycles. The summed E-state index contributed by atoms with van der Waals surface area (Å²) in [4.78, 5) is 24.3. The number of nitro benzene ring substituents is 1. The molecule has 1 amide bonds. The summed E-state index contributed by atoms with van der Waals surface area (Å²) in [6.07, 6.45) is 0. The van der Waals surface area contributed by atoms with Crippen molar-refractivity contribution in [3.8, 4) is 0 Å². The minimum absolute atomic E-state index is 0.00160. The molecule has 2 rings (SSSR count). The van der Waals surface area contributed by atoms with Gasteiger partial charge in [0.05, 0.1) is 4.92 Å². The van der Waals surface area contributed by atoms with Crippen molar-refractivity contribution in [1.82, 2.24) is 10.2 Å². The molecular weight excluding hydrogens is 246 g/mol. The van der Waals surface area contributed by atoms with Crippen molar-refractivity contribution < 1.29 is 9.72 Å². The monoisotopic (exact) mass is 263 g/mol. The summed E-state index contributed by atoms with van der Waals surface area (Å²) in [5.41, 5.74) is 0.491. The second-order valence-corrected chi connectivity index (χ2v) is 4.79. The van der Waals surface area contributed by atoms with E-state index in [0.717, 1.165) is 6.54 Å². The number of nitrogens with zero attached hydrogens (tertiary/aromatic N) is 2. The molecule has 0 bridgehead atoms. The van der Waals surface area contributed by atoms with Gasteiger partial charge in [-0.1, -0.05) is 0 Å². The molecule has 1 aromatic rings. The van der Waals surface area contributed by atoms with Crippen LogP contribution in [-0.4, -0.2) is 40.9 Å². The predicted molar refractivity (Wildman–Crippen MR) is 71.1 cm³/mol. The van der Waals surface area contributed by atoms with Crippen LogP contribution in [0.2, 0.25) is 0 Å².